The summed E-state index contributed by atoms with van der Waals surface area (Å²) in [5, 5.41) is 26.4. The number of anilines is 4. The molecule has 1 aliphatic rings. The zero-order valence-electron chi connectivity index (χ0n) is 24.6. The highest BCUT2D eigenvalue weighted by atomic mass is 35.5. The van der Waals surface area contributed by atoms with Gasteiger partial charge in [-0.2, -0.15) is 5.26 Å². The molecule has 1 fully saturated rings. The average Bonchev–Trinajstić information content (AvgIpc) is 3.53. The summed E-state index contributed by atoms with van der Waals surface area (Å²) in [7, 11) is 0. The normalized spacial score (nSPS) is 14.1. The van der Waals surface area contributed by atoms with Gasteiger partial charge in [0, 0.05) is 47.7 Å². The number of nitrogens with one attached hydrogen (secondary N) is 2. The summed E-state index contributed by atoms with van der Waals surface area (Å²) in [5.74, 6) is -0.441. The van der Waals surface area contributed by atoms with Crippen LogP contribution < -0.4 is 15.5 Å². The van der Waals surface area contributed by atoms with Crippen molar-refractivity contribution >= 4 is 62.8 Å². The zero-order valence-corrected chi connectivity index (χ0v) is 26.1. The molecule has 9 nitrogen and oxygen atoms in total. The van der Waals surface area contributed by atoms with Gasteiger partial charge in [-0.1, -0.05) is 40.5 Å². The largest absolute Gasteiger partial charge is 0.373 e. The summed E-state index contributed by atoms with van der Waals surface area (Å²) in [6.07, 6.45) is 5.71. The first-order valence-corrected chi connectivity index (χ1v) is 15.3. The molecule has 0 radical (unpaired) electrons. The van der Waals surface area contributed by atoms with E-state index in [1.807, 2.05) is 55.3 Å². The number of amides is 1. The van der Waals surface area contributed by atoms with Crippen LogP contribution in [0.3, 0.4) is 0 Å². The number of carbonyl (C=O) groups excluding carboxylic acids is 1. The Morgan fingerprint density at radius 3 is 2.60 bits per heavy atom. The van der Waals surface area contributed by atoms with E-state index in [0.717, 1.165) is 24.1 Å². The van der Waals surface area contributed by atoms with Gasteiger partial charge in [-0.3, -0.25) is 9.78 Å². The fourth-order valence-electron chi connectivity index (χ4n) is 5.40. The van der Waals surface area contributed by atoms with E-state index >= 15 is 0 Å². The molecule has 1 aliphatic heterocycles. The molecule has 0 aliphatic carbocycles. The Balaban J connectivity index is 1.44. The lowest BCUT2D eigenvalue weighted by Crippen LogP contribution is -2.35. The highest BCUT2D eigenvalue weighted by molar-refractivity contribution is 6.36. The highest BCUT2D eigenvalue weighted by Gasteiger charge is 2.24. The average molecular weight is 644 g/mol. The van der Waals surface area contributed by atoms with Crippen molar-refractivity contribution in [1.82, 2.24) is 20.0 Å². The molecule has 2 N–H and O–H groups in total. The summed E-state index contributed by atoms with van der Waals surface area (Å²) in [6, 6.07) is 17.5. The number of carbonyl (C=O) groups is 1. The predicted molar refractivity (Wildman–Crippen MR) is 175 cm³/mol. The van der Waals surface area contributed by atoms with Gasteiger partial charge >= 0.3 is 0 Å². The molecule has 12 heteroatoms. The topological polar surface area (TPSA) is 112 Å². The molecule has 45 heavy (non-hydrogen) atoms. The first-order valence-electron chi connectivity index (χ1n) is 14.5. The van der Waals surface area contributed by atoms with Gasteiger partial charge in [-0.15, -0.1) is 5.10 Å². The SMILES string of the molecule is CC(C)n1cc(C(Nc2cc(Cl)c3ncc(C#N)c(Nc4ccc(F)c(Cl)c4)c3c2)c2cccc(N3CCCCC3=O)c2)nn1. The van der Waals surface area contributed by atoms with E-state index in [0.29, 0.717) is 51.6 Å². The van der Waals surface area contributed by atoms with Gasteiger partial charge in [-0.25, -0.2) is 9.07 Å². The Labute approximate surface area is 269 Å². The highest BCUT2D eigenvalue weighted by Crippen LogP contribution is 2.37. The third-order valence-corrected chi connectivity index (χ3v) is 8.31. The molecule has 6 rings (SSSR count). The Kier molecular flexibility index (Phi) is 8.57. The van der Waals surface area contributed by atoms with Crippen molar-refractivity contribution in [2.75, 3.05) is 22.1 Å². The lowest BCUT2D eigenvalue weighted by Gasteiger charge is -2.28. The van der Waals surface area contributed by atoms with E-state index in [9.17, 15) is 14.4 Å². The van der Waals surface area contributed by atoms with Crippen LogP contribution in [0.2, 0.25) is 10.0 Å². The number of pyridine rings is 1. The number of rotatable bonds is 8. The van der Waals surface area contributed by atoms with Gasteiger partial charge in [0.2, 0.25) is 5.91 Å². The van der Waals surface area contributed by atoms with Crippen molar-refractivity contribution in [3.63, 3.8) is 0 Å². The maximum atomic E-state index is 13.9. The lowest BCUT2D eigenvalue weighted by molar-refractivity contribution is -0.119. The maximum absolute atomic E-state index is 13.9. The second-order valence-corrected chi connectivity index (χ2v) is 12.0. The molecule has 0 bridgehead atoms. The van der Waals surface area contributed by atoms with Crippen LogP contribution in [-0.2, 0) is 4.79 Å². The monoisotopic (exact) mass is 642 g/mol. The number of fused-ring (bicyclic) bond motifs is 1. The van der Waals surface area contributed by atoms with Crippen molar-refractivity contribution in [3.8, 4) is 6.07 Å². The number of halogens is 3. The van der Waals surface area contributed by atoms with E-state index in [4.69, 9.17) is 23.2 Å². The van der Waals surface area contributed by atoms with Crippen LogP contribution in [0.15, 0.2) is 67.0 Å². The van der Waals surface area contributed by atoms with Crippen molar-refractivity contribution < 1.29 is 9.18 Å². The minimum absolute atomic E-state index is 0.0528. The number of aromatic nitrogens is 4. The second-order valence-electron chi connectivity index (χ2n) is 11.2. The van der Waals surface area contributed by atoms with Gasteiger partial charge in [0.1, 0.15) is 17.6 Å². The summed E-state index contributed by atoms with van der Waals surface area (Å²) in [4.78, 5) is 19.0. The summed E-state index contributed by atoms with van der Waals surface area (Å²) < 4.78 is 15.6. The van der Waals surface area contributed by atoms with Crippen molar-refractivity contribution in [3.05, 3.63) is 99.7 Å². The third kappa shape index (κ3) is 6.27. The first-order chi connectivity index (χ1) is 21.7. The Morgan fingerprint density at radius 1 is 1.04 bits per heavy atom. The van der Waals surface area contributed by atoms with E-state index in [-0.39, 0.29) is 22.5 Å². The van der Waals surface area contributed by atoms with Gasteiger partial charge in [0.05, 0.1) is 39.1 Å². The molecular formula is C33H29Cl2FN8O. The molecule has 3 heterocycles. The van der Waals surface area contributed by atoms with Crippen LogP contribution in [0.1, 0.15) is 62.0 Å². The number of piperidine rings is 1. The minimum Gasteiger partial charge on any atom is -0.373 e. The third-order valence-electron chi connectivity index (χ3n) is 7.74. The molecule has 1 atom stereocenters. The van der Waals surface area contributed by atoms with E-state index in [2.05, 4.69) is 32.0 Å². The van der Waals surface area contributed by atoms with Crippen LogP contribution in [0, 0.1) is 17.1 Å². The Morgan fingerprint density at radius 2 is 1.87 bits per heavy atom. The molecule has 3 aromatic carbocycles. The number of benzene rings is 3. The minimum atomic E-state index is -0.550. The van der Waals surface area contributed by atoms with Crippen LogP contribution >= 0.6 is 23.2 Å². The van der Waals surface area contributed by atoms with Crippen LogP contribution in [0.4, 0.5) is 27.1 Å². The van der Waals surface area contributed by atoms with Gasteiger partial charge in [-0.05, 0) is 74.7 Å². The van der Waals surface area contributed by atoms with E-state index < -0.39 is 11.9 Å². The van der Waals surface area contributed by atoms with Crippen LogP contribution in [0.5, 0.6) is 0 Å². The first kappa shape index (κ1) is 30.3. The zero-order chi connectivity index (χ0) is 31.7. The van der Waals surface area contributed by atoms with E-state index in [1.54, 1.807) is 10.7 Å². The summed E-state index contributed by atoms with van der Waals surface area (Å²) in [5.41, 5.74) is 4.69. The molecule has 0 spiro atoms. The van der Waals surface area contributed by atoms with Crippen molar-refractivity contribution in [2.45, 2.75) is 45.2 Å². The summed E-state index contributed by atoms with van der Waals surface area (Å²) in [6.45, 7) is 4.72. The quantitative estimate of drug-likeness (QED) is 0.175. The fraction of sp³-hybridized carbons (Fsp3) is 0.242. The molecule has 5 aromatic rings. The smallest absolute Gasteiger partial charge is 0.226 e. The second kappa shape index (κ2) is 12.7. The maximum Gasteiger partial charge on any atom is 0.226 e. The predicted octanol–water partition coefficient (Wildman–Crippen LogP) is 8.19. The molecule has 2 aromatic heterocycles. The van der Waals surface area contributed by atoms with Crippen molar-refractivity contribution in [1.29, 1.82) is 5.26 Å². The molecule has 1 unspecified atom stereocenters. The molecular weight excluding hydrogens is 614 g/mol. The van der Waals surface area contributed by atoms with Gasteiger partial charge in [0.25, 0.3) is 0 Å². The fourth-order valence-corrected chi connectivity index (χ4v) is 5.85. The molecule has 228 valence electrons. The van der Waals surface area contributed by atoms with E-state index in [1.165, 1.54) is 24.4 Å². The summed E-state index contributed by atoms with van der Waals surface area (Å²) >= 11 is 12.8. The van der Waals surface area contributed by atoms with Crippen molar-refractivity contribution in [2.24, 2.45) is 0 Å². The van der Waals surface area contributed by atoms with Gasteiger partial charge in [0.15, 0.2) is 0 Å². The number of hydrogen-bond donors (Lipinski definition) is 2. The van der Waals surface area contributed by atoms with Crippen LogP contribution in [0.25, 0.3) is 10.9 Å². The lowest BCUT2D eigenvalue weighted by atomic mass is 10.0. The number of nitrogens with zero attached hydrogens (tertiary/aromatic N) is 6. The van der Waals surface area contributed by atoms with Crippen LogP contribution in [-0.4, -0.2) is 32.4 Å². The molecule has 1 saturated heterocycles. The Bertz CT molecular complexity index is 1950. The number of hydrogen-bond acceptors (Lipinski definition) is 7. The Hall–Kier alpha value is -4.72. The molecule has 0 saturated carbocycles. The number of nitriles is 1. The standard InChI is InChI=1S/C33H29Cl2FN8O/c1-19(2)44-18-29(41-42-44)32(20-6-5-7-24(12-20)43-11-4-3-8-30(43)45)40-23-13-25-31(39-22-9-10-28(36)26(34)14-22)21(16-37)17-38-33(25)27(35)15-23/h5-7,9-10,12-15,17-19,32,40H,3-4,8,11H2,1-2H3,(H,38,39). The van der Waals surface area contributed by atoms with Gasteiger partial charge < -0.3 is 15.5 Å². The molecule has 1 amide bonds.